The smallest absolute Gasteiger partial charge is 0.414 e. The molecule has 136 valence electrons. The molecule has 1 aliphatic heterocycles. The van der Waals surface area contributed by atoms with Crippen LogP contribution in [0.2, 0.25) is 0 Å². The number of carbonyl (C=O) groups is 2. The van der Waals surface area contributed by atoms with Gasteiger partial charge in [-0.1, -0.05) is 25.3 Å². The Hall–Kier alpha value is -2.44. The molecule has 2 fully saturated rings. The lowest BCUT2D eigenvalue weighted by atomic mass is 9.96. The van der Waals surface area contributed by atoms with Crippen LogP contribution < -0.4 is 20.3 Å². The zero-order valence-corrected chi connectivity index (χ0v) is 14.5. The van der Waals surface area contributed by atoms with E-state index >= 15 is 0 Å². The maximum absolute atomic E-state index is 12.1. The van der Waals surface area contributed by atoms with Crippen LogP contribution in [0, 0.1) is 0 Å². The van der Waals surface area contributed by atoms with Gasteiger partial charge in [-0.2, -0.15) is 0 Å². The predicted octanol–water partition coefficient (Wildman–Crippen LogP) is 2.65. The largest absolute Gasteiger partial charge is 0.497 e. The number of nitrogens with zero attached hydrogens (tertiary/aromatic N) is 1. The van der Waals surface area contributed by atoms with Gasteiger partial charge in [-0.05, 0) is 25.0 Å². The lowest BCUT2D eigenvalue weighted by Gasteiger charge is -2.23. The molecule has 1 saturated carbocycles. The van der Waals surface area contributed by atoms with Gasteiger partial charge in [0.2, 0.25) is 0 Å². The SMILES string of the molecule is COc1cccc(N2CC(CNC(=O)NC3CCCCC3)OC2=O)c1. The Morgan fingerprint density at radius 3 is 2.88 bits per heavy atom. The molecule has 1 aromatic carbocycles. The summed E-state index contributed by atoms with van der Waals surface area (Å²) in [7, 11) is 1.58. The van der Waals surface area contributed by atoms with Crippen molar-refractivity contribution in [2.24, 2.45) is 0 Å². The summed E-state index contributed by atoms with van der Waals surface area (Å²) in [6.07, 6.45) is 4.88. The Morgan fingerprint density at radius 2 is 2.12 bits per heavy atom. The van der Waals surface area contributed by atoms with Crippen molar-refractivity contribution < 1.29 is 19.1 Å². The van der Waals surface area contributed by atoms with Crippen LogP contribution in [-0.4, -0.2) is 44.5 Å². The molecular weight excluding hydrogens is 322 g/mol. The molecule has 1 atom stereocenters. The summed E-state index contributed by atoms with van der Waals surface area (Å²) < 4.78 is 10.5. The minimum absolute atomic E-state index is 0.192. The minimum Gasteiger partial charge on any atom is -0.497 e. The number of nitrogens with one attached hydrogen (secondary N) is 2. The van der Waals surface area contributed by atoms with Crippen molar-refractivity contribution in [2.75, 3.05) is 25.1 Å². The molecule has 25 heavy (non-hydrogen) atoms. The minimum atomic E-state index is -0.409. The maximum atomic E-state index is 12.1. The van der Waals surface area contributed by atoms with Crippen LogP contribution in [0.4, 0.5) is 15.3 Å². The predicted molar refractivity (Wildman–Crippen MR) is 94.0 cm³/mol. The van der Waals surface area contributed by atoms with Crippen molar-refractivity contribution in [2.45, 2.75) is 44.2 Å². The topological polar surface area (TPSA) is 79.9 Å². The maximum Gasteiger partial charge on any atom is 0.414 e. The highest BCUT2D eigenvalue weighted by atomic mass is 16.6. The Labute approximate surface area is 147 Å². The Kier molecular flexibility index (Phi) is 5.63. The van der Waals surface area contributed by atoms with E-state index in [0.717, 1.165) is 18.5 Å². The van der Waals surface area contributed by atoms with Crippen LogP contribution in [0.3, 0.4) is 0 Å². The second-order valence-electron chi connectivity index (χ2n) is 6.51. The summed E-state index contributed by atoms with van der Waals surface area (Å²) in [6.45, 7) is 0.695. The van der Waals surface area contributed by atoms with Crippen LogP contribution in [0.5, 0.6) is 5.75 Å². The first-order valence-corrected chi connectivity index (χ1v) is 8.82. The van der Waals surface area contributed by atoms with Crippen LogP contribution in [-0.2, 0) is 4.74 Å². The Bertz CT molecular complexity index is 616. The first-order valence-electron chi connectivity index (χ1n) is 8.82. The van der Waals surface area contributed by atoms with E-state index in [2.05, 4.69) is 10.6 Å². The zero-order valence-electron chi connectivity index (χ0n) is 14.5. The van der Waals surface area contributed by atoms with Crippen molar-refractivity contribution >= 4 is 17.8 Å². The summed E-state index contributed by atoms with van der Waals surface area (Å²) in [5.41, 5.74) is 0.721. The molecule has 1 saturated heterocycles. The fraction of sp³-hybridized carbons (Fsp3) is 0.556. The molecule has 0 bridgehead atoms. The number of benzene rings is 1. The van der Waals surface area contributed by atoms with E-state index in [4.69, 9.17) is 9.47 Å². The monoisotopic (exact) mass is 347 g/mol. The van der Waals surface area contributed by atoms with Crippen molar-refractivity contribution in [3.63, 3.8) is 0 Å². The molecule has 1 aliphatic carbocycles. The average molecular weight is 347 g/mol. The van der Waals surface area contributed by atoms with Gasteiger partial charge in [0, 0.05) is 12.1 Å². The molecule has 1 aromatic rings. The third kappa shape index (κ3) is 4.55. The number of hydrogen-bond acceptors (Lipinski definition) is 4. The number of amides is 3. The molecule has 0 spiro atoms. The summed E-state index contributed by atoms with van der Waals surface area (Å²) in [5, 5.41) is 5.80. The number of carbonyl (C=O) groups excluding carboxylic acids is 2. The van der Waals surface area contributed by atoms with E-state index < -0.39 is 6.09 Å². The summed E-state index contributed by atoms with van der Waals surface area (Å²) in [5.74, 6) is 0.679. The summed E-state index contributed by atoms with van der Waals surface area (Å²) in [6, 6.07) is 7.32. The van der Waals surface area contributed by atoms with Gasteiger partial charge in [-0.25, -0.2) is 9.59 Å². The quantitative estimate of drug-likeness (QED) is 0.858. The molecule has 7 nitrogen and oxygen atoms in total. The molecule has 1 unspecified atom stereocenters. The number of cyclic esters (lactones) is 1. The van der Waals surface area contributed by atoms with Crippen LogP contribution >= 0.6 is 0 Å². The zero-order chi connectivity index (χ0) is 17.6. The number of ether oxygens (including phenoxy) is 2. The van der Waals surface area contributed by atoms with E-state index in [-0.39, 0.29) is 18.2 Å². The molecule has 3 rings (SSSR count). The second-order valence-corrected chi connectivity index (χ2v) is 6.51. The van der Waals surface area contributed by atoms with E-state index in [1.54, 1.807) is 18.1 Å². The number of methoxy groups -OCH3 is 1. The fourth-order valence-electron chi connectivity index (χ4n) is 3.31. The third-order valence-electron chi connectivity index (χ3n) is 4.67. The first-order chi connectivity index (χ1) is 12.2. The van der Waals surface area contributed by atoms with E-state index in [1.165, 1.54) is 19.3 Å². The highest BCUT2D eigenvalue weighted by Gasteiger charge is 2.32. The van der Waals surface area contributed by atoms with Gasteiger partial charge in [0.25, 0.3) is 0 Å². The standard InChI is InChI=1S/C18H25N3O4/c1-24-15-9-5-8-14(10-15)21-12-16(25-18(21)23)11-19-17(22)20-13-6-3-2-4-7-13/h5,8-10,13,16H,2-4,6-7,11-12H2,1H3,(H2,19,20,22). The van der Waals surface area contributed by atoms with Gasteiger partial charge >= 0.3 is 12.1 Å². The molecule has 7 heteroatoms. The first kappa shape index (κ1) is 17.4. The number of hydrogen-bond donors (Lipinski definition) is 2. The van der Waals surface area contributed by atoms with Crippen LogP contribution in [0.15, 0.2) is 24.3 Å². The van der Waals surface area contributed by atoms with Crippen molar-refractivity contribution in [3.05, 3.63) is 24.3 Å². The summed E-state index contributed by atoms with van der Waals surface area (Å²) >= 11 is 0. The lowest BCUT2D eigenvalue weighted by Crippen LogP contribution is -2.45. The number of rotatable bonds is 5. The lowest BCUT2D eigenvalue weighted by molar-refractivity contribution is 0.140. The van der Waals surface area contributed by atoms with Crippen molar-refractivity contribution in [1.82, 2.24) is 10.6 Å². The number of anilines is 1. The second kappa shape index (κ2) is 8.09. The molecule has 1 heterocycles. The van der Waals surface area contributed by atoms with Gasteiger partial charge < -0.3 is 20.1 Å². The van der Waals surface area contributed by atoms with Crippen molar-refractivity contribution in [3.8, 4) is 5.75 Å². The molecular formula is C18H25N3O4. The van der Waals surface area contributed by atoms with Gasteiger partial charge in [0.15, 0.2) is 0 Å². The van der Waals surface area contributed by atoms with Crippen LogP contribution in [0.1, 0.15) is 32.1 Å². The average Bonchev–Trinajstić information content (AvgIpc) is 3.02. The number of urea groups is 1. The van der Waals surface area contributed by atoms with E-state index in [1.807, 2.05) is 18.2 Å². The third-order valence-corrected chi connectivity index (χ3v) is 4.67. The highest BCUT2D eigenvalue weighted by molar-refractivity contribution is 5.90. The van der Waals surface area contributed by atoms with E-state index in [0.29, 0.717) is 18.8 Å². The van der Waals surface area contributed by atoms with Gasteiger partial charge in [-0.15, -0.1) is 0 Å². The molecule has 0 aromatic heterocycles. The summed E-state index contributed by atoms with van der Waals surface area (Å²) in [4.78, 5) is 25.6. The van der Waals surface area contributed by atoms with Crippen LogP contribution in [0.25, 0.3) is 0 Å². The van der Waals surface area contributed by atoms with Crippen molar-refractivity contribution in [1.29, 1.82) is 0 Å². The molecule has 3 amide bonds. The highest BCUT2D eigenvalue weighted by Crippen LogP contribution is 2.25. The van der Waals surface area contributed by atoms with Gasteiger partial charge in [-0.3, -0.25) is 4.90 Å². The molecule has 0 radical (unpaired) electrons. The molecule has 2 aliphatic rings. The fourth-order valence-corrected chi connectivity index (χ4v) is 3.31. The Balaban J connectivity index is 1.48. The normalized spacial score (nSPS) is 20.9. The van der Waals surface area contributed by atoms with E-state index in [9.17, 15) is 9.59 Å². The van der Waals surface area contributed by atoms with Gasteiger partial charge in [0.05, 0.1) is 25.9 Å². The van der Waals surface area contributed by atoms with Gasteiger partial charge in [0.1, 0.15) is 11.9 Å². The molecule has 2 N–H and O–H groups in total. The Morgan fingerprint density at radius 1 is 1.32 bits per heavy atom.